The van der Waals surface area contributed by atoms with E-state index in [4.69, 9.17) is 11.6 Å². The maximum absolute atomic E-state index is 12.3. The number of carbonyl (C=O) groups excluding carboxylic acids is 1. The van der Waals surface area contributed by atoms with Crippen molar-refractivity contribution in [2.75, 3.05) is 19.6 Å². The number of rotatable bonds is 5. The molecule has 120 valence electrons. The minimum Gasteiger partial charge on any atom is -0.354 e. The monoisotopic (exact) mass is 320 g/mol. The third kappa shape index (κ3) is 3.82. The van der Waals surface area contributed by atoms with Crippen LogP contribution in [-0.2, 0) is 4.79 Å². The van der Waals surface area contributed by atoms with Crippen LogP contribution < -0.4 is 5.32 Å². The lowest BCUT2D eigenvalue weighted by Gasteiger charge is -2.28. The average Bonchev–Trinajstić information content (AvgIpc) is 3.22. The summed E-state index contributed by atoms with van der Waals surface area (Å²) >= 11 is 6.01. The molecule has 0 aromatic heterocycles. The van der Waals surface area contributed by atoms with Gasteiger partial charge in [0.2, 0.25) is 5.91 Å². The minimum atomic E-state index is 0.240. The Morgan fingerprint density at radius 3 is 2.41 bits per heavy atom. The predicted octanol–water partition coefficient (Wildman–Crippen LogP) is 3.78. The summed E-state index contributed by atoms with van der Waals surface area (Å²) in [4.78, 5) is 14.8. The molecule has 2 aliphatic rings. The molecule has 1 N–H and O–H groups in total. The first kappa shape index (κ1) is 15.8. The molecule has 1 aromatic rings. The van der Waals surface area contributed by atoms with Crippen LogP contribution in [0.3, 0.4) is 0 Å². The van der Waals surface area contributed by atoms with Gasteiger partial charge in [0.25, 0.3) is 0 Å². The Bertz CT molecular complexity index is 490. The van der Waals surface area contributed by atoms with E-state index in [1.54, 1.807) is 0 Å². The van der Waals surface area contributed by atoms with Crippen LogP contribution in [0, 0.1) is 5.92 Å². The van der Waals surface area contributed by atoms with Gasteiger partial charge in [-0.2, -0.15) is 0 Å². The van der Waals surface area contributed by atoms with Gasteiger partial charge in [0.1, 0.15) is 0 Å². The number of likely N-dealkylation sites (tertiary alicyclic amines) is 1. The zero-order valence-electron chi connectivity index (χ0n) is 13.1. The number of halogens is 1. The molecule has 1 amide bonds. The minimum absolute atomic E-state index is 0.240. The van der Waals surface area contributed by atoms with Gasteiger partial charge in [-0.25, -0.2) is 0 Å². The topological polar surface area (TPSA) is 32.3 Å². The van der Waals surface area contributed by atoms with E-state index in [0.717, 1.165) is 31.0 Å². The summed E-state index contributed by atoms with van der Waals surface area (Å²) in [6.45, 7) is 2.94. The van der Waals surface area contributed by atoms with Gasteiger partial charge >= 0.3 is 0 Å². The average molecular weight is 321 g/mol. The number of hydrogen-bond acceptors (Lipinski definition) is 2. The van der Waals surface area contributed by atoms with Gasteiger partial charge in [-0.3, -0.25) is 9.69 Å². The Labute approximate surface area is 138 Å². The van der Waals surface area contributed by atoms with Crippen molar-refractivity contribution in [2.24, 2.45) is 5.92 Å². The first-order valence-corrected chi connectivity index (χ1v) is 8.89. The Kier molecular flexibility index (Phi) is 5.37. The lowest BCUT2D eigenvalue weighted by atomic mass is 10.0. The molecule has 1 unspecified atom stereocenters. The maximum Gasteiger partial charge on any atom is 0.223 e. The van der Waals surface area contributed by atoms with Gasteiger partial charge in [0, 0.05) is 17.5 Å². The molecule has 1 saturated heterocycles. The third-order valence-corrected chi connectivity index (χ3v) is 5.28. The first-order chi connectivity index (χ1) is 10.7. The van der Waals surface area contributed by atoms with E-state index < -0.39 is 0 Å². The van der Waals surface area contributed by atoms with Crippen molar-refractivity contribution in [2.45, 2.75) is 44.6 Å². The summed E-state index contributed by atoms with van der Waals surface area (Å²) in [6.07, 6.45) is 7.01. The molecule has 3 rings (SSSR count). The van der Waals surface area contributed by atoms with Crippen molar-refractivity contribution in [3.05, 3.63) is 34.9 Å². The van der Waals surface area contributed by atoms with Crippen LogP contribution in [0.25, 0.3) is 0 Å². The lowest BCUT2D eigenvalue weighted by Crippen LogP contribution is -2.38. The van der Waals surface area contributed by atoms with Crippen LogP contribution >= 0.6 is 11.6 Å². The Morgan fingerprint density at radius 1 is 1.14 bits per heavy atom. The molecule has 22 heavy (non-hydrogen) atoms. The van der Waals surface area contributed by atoms with Gasteiger partial charge in [-0.1, -0.05) is 36.6 Å². The van der Waals surface area contributed by atoms with E-state index in [2.05, 4.69) is 22.3 Å². The standard InChI is InChI=1S/C18H25ClN2O/c19-16-9-7-14(8-10-16)17(21-11-3-4-12-21)13-20-18(22)15-5-1-2-6-15/h7-10,15,17H,1-6,11-13H2,(H,20,22). The van der Waals surface area contributed by atoms with Crippen LogP contribution in [0.5, 0.6) is 0 Å². The molecular formula is C18H25ClN2O. The summed E-state index contributed by atoms with van der Waals surface area (Å²) in [7, 11) is 0. The molecule has 1 heterocycles. The summed E-state index contributed by atoms with van der Waals surface area (Å²) in [5.41, 5.74) is 1.25. The van der Waals surface area contributed by atoms with Crippen LogP contribution in [0.15, 0.2) is 24.3 Å². The third-order valence-electron chi connectivity index (χ3n) is 5.03. The molecule has 1 atom stereocenters. The van der Waals surface area contributed by atoms with E-state index in [9.17, 15) is 4.79 Å². The van der Waals surface area contributed by atoms with Crippen LogP contribution in [0.4, 0.5) is 0 Å². The fourth-order valence-electron chi connectivity index (χ4n) is 3.73. The van der Waals surface area contributed by atoms with Crippen molar-refractivity contribution in [1.82, 2.24) is 10.2 Å². The predicted molar refractivity (Wildman–Crippen MR) is 90.0 cm³/mol. The molecule has 1 aliphatic heterocycles. The van der Waals surface area contributed by atoms with E-state index in [1.807, 2.05) is 12.1 Å². The van der Waals surface area contributed by atoms with Crippen LogP contribution in [-0.4, -0.2) is 30.4 Å². The fraction of sp³-hybridized carbons (Fsp3) is 0.611. The van der Waals surface area contributed by atoms with E-state index in [1.165, 1.54) is 31.2 Å². The first-order valence-electron chi connectivity index (χ1n) is 8.51. The van der Waals surface area contributed by atoms with Gasteiger partial charge < -0.3 is 5.32 Å². The summed E-state index contributed by atoms with van der Waals surface area (Å²) in [5.74, 6) is 0.486. The van der Waals surface area contributed by atoms with Crippen LogP contribution in [0.2, 0.25) is 5.02 Å². The number of carbonyl (C=O) groups is 1. The molecule has 0 bridgehead atoms. The van der Waals surface area contributed by atoms with Gasteiger partial charge in [0.05, 0.1) is 6.04 Å². The van der Waals surface area contributed by atoms with E-state index in [-0.39, 0.29) is 17.9 Å². The Morgan fingerprint density at radius 2 is 1.77 bits per heavy atom. The van der Waals surface area contributed by atoms with E-state index in [0.29, 0.717) is 6.54 Å². The molecule has 2 fully saturated rings. The lowest BCUT2D eigenvalue weighted by molar-refractivity contribution is -0.125. The van der Waals surface area contributed by atoms with E-state index >= 15 is 0 Å². The SMILES string of the molecule is O=C(NCC(c1ccc(Cl)cc1)N1CCCC1)C1CCCC1. The molecule has 0 spiro atoms. The number of nitrogens with one attached hydrogen (secondary N) is 1. The molecule has 1 aromatic carbocycles. The molecule has 1 saturated carbocycles. The molecule has 1 aliphatic carbocycles. The summed E-state index contributed by atoms with van der Waals surface area (Å²) in [6, 6.07) is 8.34. The highest BCUT2D eigenvalue weighted by Crippen LogP contribution is 2.27. The highest BCUT2D eigenvalue weighted by atomic mass is 35.5. The Hall–Kier alpha value is -1.06. The largest absolute Gasteiger partial charge is 0.354 e. The number of nitrogens with zero attached hydrogens (tertiary/aromatic N) is 1. The highest BCUT2D eigenvalue weighted by molar-refractivity contribution is 6.30. The molecule has 4 heteroatoms. The van der Waals surface area contributed by atoms with Crippen molar-refractivity contribution in [1.29, 1.82) is 0 Å². The van der Waals surface area contributed by atoms with Crippen molar-refractivity contribution >= 4 is 17.5 Å². The second-order valence-electron chi connectivity index (χ2n) is 6.54. The molecular weight excluding hydrogens is 296 g/mol. The van der Waals surface area contributed by atoms with Crippen LogP contribution in [0.1, 0.15) is 50.1 Å². The maximum atomic E-state index is 12.3. The van der Waals surface area contributed by atoms with Gasteiger partial charge in [-0.15, -0.1) is 0 Å². The normalized spacial score (nSPS) is 21.1. The number of amides is 1. The second-order valence-corrected chi connectivity index (χ2v) is 6.97. The summed E-state index contributed by atoms with van der Waals surface area (Å²) < 4.78 is 0. The zero-order chi connectivity index (χ0) is 15.4. The number of hydrogen-bond donors (Lipinski definition) is 1. The smallest absolute Gasteiger partial charge is 0.223 e. The fourth-order valence-corrected chi connectivity index (χ4v) is 3.85. The zero-order valence-corrected chi connectivity index (χ0v) is 13.8. The van der Waals surface area contributed by atoms with Crippen molar-refractivity contribution < 1.29 is 4.79 Å². The Balaban J connectivity index is 1.65. The van der Waals surface area contributed by atoms with Crippen molar-refractivity contribution in [3.8, 4) is 0 Å². The van der Waals surface area contributed by atoms with Crippen molar-refractivity contribution in [3.63, 3.8) is 0 Å². The molecule has 0 radical (unpaired) electrons. The summed E-state index contributed by atoms with van der Waals surface area (Å²) in [5, 5.41) is 3.96. The quantitative estimate of drug-likeness (QED) is 0.895. The highest BCUT2D eigenvalue weighted by Gasteiger charge is 2.26. The number of benzene rings is 1. The second kappa shape index (κ2) is 7.47. The van der Waals surface area contributed by atoms with Gasteiger partial charge in [0.15, 0.2) is 0 Å². The van der Waals surface area contributed by atoms with Gasteiger partial charge in [-0.05, 0) is 56.5 Å². The molecule has 3 nitrogen and oxygen atoms in total.